The summed E-state index contributed by atoms with van der Waals surface area (Å²) in [5.41, 5.74) is 8.38. The van der Waals surface area contributed by atoms with Gasteiger partial charge in [-0.1, -0.05) is 61.5 Å². The Morgan fingerprint density at radius 3 is 2.43 bits per heavy atom. The summed E-state index contributed by atoms with van der Waals surface area (Å²) in [6.07, 6.45) is 0. The number of thiophene rings is 1. The second-order valence-corrected chi connectivity index (χ2v) is 7.84. The smallest absolute Gasteiger partial charge is 0.227 e. The number of para-hydroxylation sites is 1. The molecule has 28 heavy (non-hydrogen) atoms. The molecular formula is C23H26N2O2S. The largest absolute Gasteiger partial charge is 0.496 e. The molecule has 4 nitrogen and oxygen atoms in total. The summed E-state index contributed by atoms with van der Waals surface area (Å²) in [5.74, 6) is 0.485. The third-order valence-corrected chi connectivity index (χ3v) is 5.77. The Morgan fingerprint density at radius 1 is 1.04 bits per heavy atom. The molecule has 0 saturated heterocycles. The van der Waals surface area contributed by atoms with Crippen molar-refractivity contribution in [2.75, 3.05) is 7.11 Å². The van der Waals surface area contributed by atoms with Gasteiger partial charge in [0.25, 0.3) is 0 Å². The zero-order valence-electron chi connectivity index (χ0n) is 16.2. The summed E-state index contributed by atoms with van der Waals surface area (Å²) in [6.45, 7) is 2.94. The van der Waals surface area contributed by atoms with Gasteiger partial charge in [-0.3, -0.25) is 4.79 Å². The zero-order valence-corrected chi connectivity index (χ0v) is 17.1. The number of amides is 1. The van der Waals surface area contributed by atoms with E-state index in [2.05, 4.69) is 6.07 Å². The molecule has 2 aromatic carbocycles. The monoisotopic (exact) mass is 394 g/mol. The van der Waals surface area contributed by atoms with Crippen LogP contribution in [0.1, 0.15) is 29.0 Å². The van der Waals surface area contributed by atoms with Crippen LogP contribution in [0.15, 0.2) is 72.1 Å². The molecule has 0 spiro atoms. The van der Waals surface area contributed by atoms with Crippen molar-refractivity contribution in [3.8, 4) is 5.75 Å². The van der Waals surface area contributed by atoms with Crippen LogP contribution in [-0.4, -0.2) is 17.9 Å². The number of hydrogen-bond acceptors (Lipinski definition) is 4. The van der Waals surface area contributed by atoms with Gasteiger partial charge >= 0.3 is 0 Å². The first-order valence-corrected chi connectivity index (χ1v) is 10.2. The minimum Gasteiger partial charge on any atom is -0.496 e. The summed E-state index contributed by atoms with van der Waals surface area (Å²) >= 11 is 1.65. The van der Waals surface area contributed by atoms with Crippen LogP contribution >= 0.6 is 11.3 Å². The van der Waals surface area contributed by atoms with Gasteiger partial charge < -0.3 is 15.4 Å². The van der Waals surface area contributed by atoms with Crippen LogP contribution < -0.4 is 10.5 Å². The second kappa shape index (κ2) is 9.53. The van der Waals surface area contributed by atoms with Crippen LogP contribution in [0.2, 0.25) is 0 Å². The number of carbonyl (C=O) groups is 1. The van der Waals surface area contributed by atoms with Crippen molar-refractivity contribution < 1.29 is 9.53 Å². The van der Waals surface area contributed by atoms with Gasteiger partial charge in [0.2, 0.25) is 5.91 Å². The molecule has 0 radical (unpaired) electrons. The van der Waals surface area contributed by atoms with Gasteiger partial charge in [-0.15, -0.1) is 11.3 Å². The SMILES string of the molecule is COc1ccccc1CN(Cc1cccs1)C(=O)C(C)C(N)c1ccccc1. The van der Waals surface area contributed by atoms with E-state index in [1.807, 2.05) is 77.9 Å². The summed E-state index contributed by atoms with van der Waals surface area (Å²) in [7, 11) is 1.65. The topological polar surface area (TPSA) is 55.6 Å². The predicted octanol–water partition coefficient (Wildman–Crippen LogP) is 4.62. The molecule has 1 aromatic heterocycles. The molecular weight excluding hydrogens is 368 g/mol. The normalized spacial score (nSPS) is 13.0. The number of ether oxygens (including phenoxy) is 1. The highest BCUT2D eigenvalue weighted by molar-refractivity contribution is 7.09. The highest BCUT2D eigenvalue weighted by Gasteiger charge is 2.27. The maximum Gasteiger partial charge on any atom is 0.227 e. The third-order valence-electron chi connectivity index (χ3n) is 4.90. The van der Waals surface area contributed by atoms with Gasteiger partial charge in [-0.2, -0.15) is 0 Å². The Bertz CT molecular complexity index is 881. The Labute approximate surface area is 170 Å². The van der Waals surface area contributed by atoms with Crippen LogP contribution in [0.25, 0.3) is 0 Å². The number of rotatable bonds is 8. The van der Waals surface area contributed by atoms with E-state index in [1.54, 1.807) is 18.4 Å². The Hall–Kier alpha value is -2.63. The minimum absolute atomic E-state index is 0.0376. The number of nitrogens with zero attached hydrogens (tertiary/aromatic N) is 1. The number of methoxy groups -OCH3 is 1. The lowest BCUT2D eigenvalue weighted by molar-refractivity contribution is -0.137. The van der Waals surface area contributed by atoms with Crippen molar-refractivity contribution in [3.05, 3.63) is 88.1 Å². The quantitative estimate of drug-likeness (QED) is 0.606. The maximum absolute atomic E-state index is 13.4. The van der Waals surface area contributed by atoms with Crippen LogP contribution in [-0.2, 0) is 17.9 Å². The van der Waals surface area contributed by atoms with Gasteiger partial charge in [-0.25, -0.2) is 0 Å². The molecule has 0 aliphatic heterocycles. The maximum atomic E-state index is 13.4. The summed E-state index contributed by atoms with van der Waals surface area (Å²) in [4.78, 5) is 16.4. The van der Waals surface area contributed by atoms with E-state index in [0.717, 1.165) is 21.8 Å². The van der Waals surface area contributed by atoms with Gasteiger partial charge in [0.05, 0.1) is 19.6 Å². The first kappa shape index (κ1) is 20.1. The molecule has 0 bridgehead atoms. The van der Waals surface area contributed by atoms with E-state index in [-0.39, 0.29) is 17.9 Å². The van der Waals surface area contributed by atoms with Crippen LogP contribution in [0.5, 0.6) is 5.75 Å². The molecule has 3 aromatic rings. The predicted molar refractivity (Wildman–Crippen MR) is 114 cm³/mol. The molecule has 146 valence electrons. The van der Waals surface area contributed by atoms with Gasteiger partial charge in [-0.05, 0) is 23.1 Å². The van der Waals surface area contributed by atoms with E-state index in [4.69, 9.17) is 10.5 Å². The second-order valence-electron chi connectivity index (χ2n) is 6.81. The lowest BCUT2D eigenvalue weighted by atomic mass is 9.94. The first-order chi connectivity index (χ1) is 13.6. The van der Waals surface area contributed by atoms with E-state index in [0.29, 0.717) is 13.1 Å². The lowest BCUT2D eigenvalue weighted by Gasteiger charge is -2.29. The van der Waals surface area contributed by atoms with Crippen molar-refractivity contribution in [3.63, 3.8) is 0 Å². The molecule has 0 fully saturated rings. The van der Waals surface area contributed by atoms with Crippen molar-refractivity contribution in [2.24, 2.45) is 11.7 Å². The summed E-state index contributed by atoms with van der Waals surface area (Å²) in [5, 5.41) is 2.03. The molecule has 0 saturated carbocycles. The fourth-order valence-corrected chi connectivity index (χ4v) is 3.97. The van der Waals surface area contributed by atoms with Crippen molar-refractivity contribution in [1.82, 2.24) is 4.90 Å². The summed E-state index contributed by atoms with van der Waals surface area (Å²) < 4.78 is 5.48. The Balaban J connectivity index is 1.84. The fourth-order valence-electron chi connectivity index (χ4n) is 3.25. The Kier molecular flexibility index (Phi) is 6.85. The fraction of sp³-hybridized carbons (Fsp3) is 0.261. The molecule has 2 atom stereocenters. The lowest BCUT2D eigenvalue weighted by Crippen LogP contribution is -2.38. The van der Waals surface area contributed by atoms with E-state index in [1.165, 1.54) is 0 Å². The molecule has 2 N–H and O–H groups in total. The molecule has 5 heteroatoms. The van der Waals surface area contributed by atoms with Crippen molar-refractivity contribution >= 4 is 17.2 Å². The van der Waals surface area contributed by atoms with Gasteiger partial charge in [0.1, 0.15) is 5.75 Å². The number of carbonyl (C=O) groups excluding carboxylic acids is 1. The van der Waals surface area contributed by atoms with Gasteiger partial charge in [0, 0.05) is 23.0 Å². The zero-order chi connectivity index (χ0) is 19.9. The van der Waals surface area contributed by atoms with Crippen LogP contribution in [0, 0.1) is 5.92 Å². The molecule has 2 unspecified atom stereocenters. The molecule has 1 heterocycles. The average Bonchev–Trinajstić information content (AvgIpc) is 3.26. The highest BCUT2D eigenvalue weighted by Crippen LogP contribution is 2.26. The number of benzene rings is 2. The van der Waals surface area contributed by atoms with Crippen LogP contribution in [0.3, 0.4) is 0 Å². The van der Waals surface area contributed by atoms with E-state index < -0.39 is 0 Å². The van der Waals surface area contributed by atoms with Crippen LogP contribution in [0.4, 0.5) is 0 Å². The first-order valence-electron chi connectivity index (χ1n) is 9.33. The Morgan fingerprint density at radius 2 is 1.75 bits per heavy atom. The van der Waals surface area contributed by atoms with Crippen molar-refractivity contribution in [1.29, 1.82) is 0 Å². The number of hydrogen-bond donors (Lipinski definition) is 1. The minimum atomic E-state index is -0.350. The standard InChI is InChI=1S/C23H26N2O2S/c1-17(22(24)18-9-4-3-5-10-18)23(26)25(16-20-12-8-14-28-20)15-19-11-6-7-13-21(19)27-2/h3-14,17,22H,15-16,24H2,1-2H3. The average molecular weight is 395 g/mol. The molecule has 0 aliphatic rings. The molecule has 1 amide bonds. The molecule has 0 aliphatic carbocycles. The van der Waals surface area contributed by atoms with Crippen molar-refractivity contribution in [2.45, 2.75) is 26.1 Å². The van der Waals surface area contributed by atoms with Gasteiger partial charge in [0.15, 0.2) is 0 Å². The summed E-state index contributed by atoms with van der Waals surface area (Å²) in [6, 6.07) is 21.3. The molecule has 3 rings (SSSR count). The highest BCUT2D eigenvalue weighted by atomic mass is 32.1. The van der Waals surface area contributed by atoms with E-state index in [9.17, 15) is 4.79 Å². The van der Waals surface area contributed by atoms with E-state index >= 15 is 0 Å². The number of nitrogens with two attached hydrogens (primary N) is 1. The third kappa shape index (κ3) is 4.80.